The number of anilines is 1. The number of hydrogen-bond acceptors (Lipinski definition) is 10. The predicted octanol–water partition coefficient (Wildman–Crippen LogP) is -2.35. The van der Waals surface area contributed by atoms with E-state index in [2.05, 4.69) is 4.98 Å². The Kier molecular flexibility index (Phi) is 10.2. The first-order chi connectivity index (χ1) is 13.6. The highest BCUT2D eigenvalue weighted by atomic mass is 19.3. The lowest BCUT2D eigenvalue weighted by atomic mass is 10.0. The highest BCUT2D eigenvalue weighted by Crippen LogP contribution is 2.22. The van der Waals surface area contributed by atoms with Crippen molar-refractivity contribution in [3.8, 4) is 0 Å². The number of aromatic nitrogens is 2. The van der Waals surface area contributed by atoms with E-state index in [1.807, 2.05) is 0 Å². The summed E-state index contributed by atoms with van der Waals surface area (Å²) in [5.74, 6) is -9.95. The second-order valence-corrected chi connectivity index (χ2v) is 6.08. The van der Waals surface area contributed by atoms with Gasteiger partial charge in [0.25, 0.3) is 0 Å². The van der Waals surface area contributed by atoms with Crippen LogP contribution in [0.1, 0.15) is 16.8 Å². The fraction of sp³-hybridized carbons (Fsp3) is 0.600. The van der Waals surface area contributed by atoms with Crippen molar-refractivity contribution in [1.29, 1.82) is 0 Å². The van der Waals surface area contributed by atoms with E-state index in [0.29, 0.717) is 0 Å². The van der Waals surface area contributed by atoms with Gasteiger partial charge in [-0.2, -0.15) is 22.5 Å². The van der Waals surface area contributed by atoms with E-state index in [1.54, 1.807) is 0 Å². The lowest BCUT2D eigenvalue weighted by Gasteiger charge is -2.25. The molecule has 1 rings (SSSR count). The third-order valence-corrected chi connectivity index (χ3v) is 3.56. The summed E-state index contributed by atoms with van der Waals surface area (Å²) in [7, 11) is 0. The fourth-order valence-electron chi connectivity index (χ4n) is 1.79. The summed E-state index contributed by atoms with van der Waals surface area (Å²) in [6.45, 7) is -0.451. The van der Waals surface area contributed by atoms with Crippen LogP contribution >= 0.6 is 0 Å². The van der Waals surface area contributed by atoms with Crippen molar-refractivity contribution in [2.45, 2.75) is 43.4 Å². The molecule has 30 heavy (non-hydrogen) atoms. The summed E-state index contributed by atoms with van der Waals surface area (Å²) in [4.78, 5) is 35.8. The zero-order chi connectivity index (χ0) is 23.9. The number of nitrogens with two attached hydrogens (primary N) is 2. The molecule has 0 aliphatic carbocycles. The second kappa shape index (κ2) is 11.1. The topological polar surface area (TPSA) is 202 Å². The number of carbonyl (C=O) groups is 2. The minimum Gasteiger partial charge on any atom is -0.394 e. The molecule has 0 aromatic carbocycles. The van der Waals surface area contributed by atoms with Crippen molar-refractivity contribution in [1.82, 2.24) is 9.55 Å². The van der Waals surface area contributed by atoms with Gasteiger partial charge in [0, 0.05) is 18.2 Å². The zero-order valence-electron chi connectivity index (χ0n) is 15.6. The van der Waals surface area contributed by atoms with Crippen LogP contribution in [0.5, 0.6) is 0 Å². The summed E-state index contributed by atoms with van der Waals surface area (Å²) in [5.41, 5.74) is 9.18. The molecule has 0 aliphatic rings. The highest BCUT2D eigenvalue weighted by molar-refractivity contribution is 5.86. The zero-order valence-corrected chi connectivity index (χ0v) is 15.6. The lowest BCUT2D eigenvalue weighted by molar-refractivity contribution is -0.134. The first kappa shape index (κ1) is 27.5. The summed E-state index contributed by atoms with van der Waals surface area (Å²) in [6, 6.07) is -2.37. The Labute approximate surface area is 166 Å². The standard InChI is InChI=1S/C10H14F2N4O4.C5H8F2O3/c1-4-2-16(9(20)15-7(4)14)8(19)10(11,12)6(13)5(18)3-17;6-5(7,3-9)1-4(10)2-8/h2,5-6,17-18H,3,13H2,1H3,(H2,14,15,20);3-4,8,10H,1-2H2/t5-,6-;4-/m10/s1. The van der Waals surface area contributed by atoms with Crippen molar-refractivity contribution in [3.05, 3.63) is 22.2 Å². The molecule has 0 aliphatic heterocycles. The molecule has 0 saturated carbocycles. The number of aliphatic hydroxyl groups is 4. The molecule has 172 valence electrons. The van der Waals surface area contributed by atoms with Gasteiger partial charge in [-0.05, 0) is 6.92 Å². The summed E-state index contributed by atoms with van der Waals surface area (Å²) in [6.07, 6.45) is -4.31. The number of nitrogens with zero attached hydrogens (tertiary/aromatic N) is 2. The largest absolute Gasteiger partial charge is 0.394 e. The minimum absolute atomic E-state index is 0.0651. The Hall–Kier alpha value is -2.46. The van der Waals surface area contributed by atoms with E-state index in [-0.39, 0.29) is 15.9 Å². The van der Waals surface area contributed by atoms with Gasteiger partial charge < -0.3 is 31.9 Å². The molecule has 1 heterocycles. The van der Waals surface area contributed by atoms with Gasteiger partial charge in [-0.1, -0.05) is 0 Å². The molecule has 3 atom stereocenters. The van der Waals surface area contributed by atoms with Crippen LogP contribution < -0.4 is 17.2 Å². The number of aryl methyl sites for hydroxylation is 1. The number of aldehydes is 1. The van der Waals surface area contributed by atoms with Crippen LogP contribution in [0.25, 0.3) is 0 Å². The molecular weight excluding hydrogens is 424 g/mol. The third kappa shape index (κ3) is 7.42. The molecule has 1 aromatic rings. The molecular formula is C15H22F4N4O7. The van der Waals surface area contributed by atoms with Gasteiger partial charge in [0.2, 0.25) is 0 Å². The van der Waals surface area contributed by atoms with Crippen molar-refractivity contribution in [3.63, 3.8) is 0 Å². The minimum atomic E-state index is -4.27. The number of halogens is 4. The Morgan fingerprint density at radius 3 is 2.23 bits per heavy atom. The van der Waals surface area contributed by atoms with Crippen LogP contribution in [0.4, 0.5) is 23.4 Å². The fourth-order valence-corrected chi connectivity index (χ4v) is 1.79. The summed E-state index contributed by atoms with van der Waals surface area (Å²) < 4.78 is 51.5. The lowest BCUT2D eigenvalue weighted by Crippen LogP contribution is -2.57. The number of carbonyl (C=O) groups excluding carboxylic acids is 2. The summed E-state index contributed by atoms with van der Waals surface area (Å²) >= 11 is 0. The van der Waals surface area contributed by atoms with Crippen LogP contribution in [-0.2, 0) is 4.79 Å². The van der Waals surface area contributed by atoms with E-state index in [0.717, 1.165) is 6.20 Å². The predicted molar refractivity (Wildman–Crippen MR) is 93.0 cm³/mol. The van der Waals surface area contributed by atoms with E-state index in [4.69, 9.17) is 31.9 Å². The quantitative estimate of drug-likeness (QED) is 0.185. The van der Waals surface area contributed by atoms with Crippen LogP contribution in [0.15, 0.2) is 11.0 Å². The monoisotopic (exact) mass is 446 g/mol. The van der Waals surface area contributed by atoms with Crippen LogP contribution in [0, 0.1) is 6.92 Å². The Morgan fingerprint density at radius 2 is 1.80 bits per heavy atom. The number of nitrogen functional groups attached to an aromatic ring is 1. The number of alkyl halides is 4. The molecule has 11 nitrogen and oxygen atoms in total. The van der Waals surface area contributed by atoms with Gasteiger partial charge in [0.05, 0.1) is 25.4 Å². The molecule has 8 N–H and O–H groups in total. The van der Waals surface area contributed by atoms with Crippen LogP contribution in [0.2, 0.25) is 0 Å². The Balaban J connectivity index is 0.000000710. The van der Waals surface area contributed by atoms with Gasteiger partial charge in [-0.15, -0.1) is 0 Å². The number of hydrogen-bond donors (Lipinski definition) is 6. The molecule has 0 saturated heterocycles. The molecule has 0 bridgehead atoms. The third-order valence-electron chi connectivity index (χ3n) is 3.56. The van der Waals surface area contributed by atoms with Gasteiger partial charge in [-0.3, -0.25) is 9.59 Å². The van der Waals surface area contributed by atoms with Gasteiger partial charge >= 0.3 is 23.4 Å². The Bertz CT molecular complexity index is 791. The van der Waals surface area contributed by atoms with Gasteiger partial charge in [-0.25, -0.2) is 9.36 Å². The first-order valence-electron chi connectivity index (χ1n) is 8.10. The molecule has 0 unspecified atom stereocenters. The van der Waals surface area contributed by atoms with Crippen LogP contribution in [-0.4, -0.2) is 85.5 Å². The van der Waals surface area contributed by atoms with Crippen LogP contribution in [0.3, 0.4) is 0 Å². The smallest absolute Gasteiger partial charge is 0.356 e. The maximum absolute atomic E-state index is 13.8. The Morgan fingerprint density at radius 1 is 1.27 bits per heavy atom. The van der Waals surface area contributed by atoms with Crippen molar-refractivity contribution >= 4 is 18.0 Å². The molecule has 1 aromatic heterocycles. The van der Waals surface area contributed by atoms with Crippen molar-refractivity contribution in [2.75, 3.05) is 18.9 Å². The SMILES string of the molecule is Cc1cn(C(=O)C(F)(F)[C@H](N)[C@H](O)CO)c(=O)nc1N.O=CC(F)(F)C[C@H](O)CO. The molecule has 0 radical (unpaired) electrons. The maximum Gasteiger partial charge on any atom is 0.356 e. The molecule has 0 fully saturated rings. The molecule has 0 amide bonds. The second-order valence-electron chi connectivity index (χ2n) is 6.08. The van der Waals surface area contributed by atoms with Gasteiger partial charge in [0.15, 0.2) is 6.29 Å². The van der Waals surface area contributed by atoms with Gasteiger partial charge in [0.1, 0.15) is 11.9 Å². The van der Waals surface area contributed by atoms with E-state index >= 15 is 0 Å². The number of aliphatic hydroxyl groups excluding tert-OH is 4. The summed E-state index contributed by atoms with van der Waals surface area (Å²) in [5, 5.41) is 34.2. The molecule has 15 heteroatoms. The molecule has 0 spiro atoms. The average Bonchev–Trinajstić information content (AvgIpc) is 2.68. The number of rotatable bonds is 8. The van der Waals surface area contributed by atoms with Crippen molar-refractivity contribution in [2.24, 2.45) is 5.73 Å². The maximum atomic E-state index is 13.8. The normalized spacial score (nSPS) is 14.9. The van der Waals surface area contributed by atoms with E-state index in [1.165, 1.54) is 6.92 Å². The van der Waals surface area contributed by atoms with E-state index < -0.39 is 67.6 Å². The highest BCUT2D eigenvalue weighted by Gasteiger charge is 2.49. The van der Waals surface area contributed by atoms with Crippen molar-refractivity contribution < 1.29 is 47.6 Å². The average molecular weight is 446 g/mol. The first-order valence-corrected chi connectivity index (χ1v) is 8.10. The van der Waals surface area contributed by atoms with E-state index in [9.17, 15) is 31.9 Å².